The number of hydrogen-bond acceptors (Lipinski definition) is 6. The van der Waals surface area contributed by atoms with Crippen LogP contribution < -0.4 is 11.3 Å². The lowest BCUT2D eigenvalue weighted by Crippen LogP contribution is -2.15. The summed E-state index contributed by atoms with van der Waals surface area (Å²) in [5.74, 6) is -0.883. The van der Waals surface area contributed by atoms with E-state index < -0.39 is 22.8 Å². The van der Waals surface area contributed by atoms with Gasteiger partial charge in [0.25, 0.3) is 0 Å². The Bertz CT molecular complexity index is 2460. The molecule has 8 rings (SSSR count). The molecule has 8 aromatic rings. The molecule has 6 heteroatoms. The van der Waals surface area contributed by atoms with E-state index in [1.165, 1.54) is 0 Å². The molecular formula is C40H22O6. The van der Waals surface area contributed by atoms with Crippen LogP contribution >= 0.6 is 0 Å². The number of hydrogen-bond donors (Lipinski definition) is 0. The molecule has 2 aromatic heterocycles. The molecule has 0 radical (unpaired) electrons. The molecule has 0 bridgehead atoms. The number of carbonyl (C=O) groups excluding carboxylic acids is 2. The van der Waals surface area contributed by atoms with Gasteiger partial charge in [-0.15, -0.1) is 0 Å². The third-order valence-electron chi connectivity index (χ3n) is 8.30. The first-order valence-corrected chi connectivity index (χ1v) is 14.7. The van der Waals surface area contributed by atoms with E-state index >= 15 is 0 Å². The van der Waals surface area contributed by atoms with Gasteiger partial charge in [0.05, 0.1) is 0 Å². The van der Waals surface area contributed by atoms with E-state index in [1.807, 2.05) is 60.7 Å². The van der Waals surface area contributed by atoms with Crippen molar-refractivity contribution >= 4 is 55.0 Å². The predicted octanol–water partition coefficient (Wildman–Crippen LogP) is 8.33. The average molecular weight is 599 g/mol. The van der Waals surface area contributed by atoms with Crippen LogP contribution in [0.15, 0.2) is 152 Å². The minimum absolute atomic E-state index is 0.0849. The molecule has 0 aliphatic heterocycles. The van der Waals surface area contributed by atoms with Crippen LogP contribution in [0.2, 0.25) is 0 Å². The van der Waals surface area contributed by atoms with Crippen molar-refractivity contribution in [1.82, 2.24) is 0 Å². The molecule has 0 unspecified atom stereocenters. The predicted molar refractivity (Wildman–Crippen MR) is 179 cm³/mol. The summed E-state index contributed by atoms with van der Waals surface area (Å²) in [4.78, 5) is 53.7. The van der Waals surface area contributed by atoms with Gasteiger partial charge in [-0.25, -0.2) is 9.59 Å². The van der Waals surface area contributed by atoms with E-state index in [9.17, 15) is 19.2 Å². The summed E-state index contributed by atoms with van der Waals surface area (Å²) in [5.41, 5.74) is 0.592. The zero-order valence-electron chi connectivity index (χ0n) is 24.2. The molecule has 0 spiro atoms. The minimum Gasteiger partial charge on any atom is -0.421 e. The van der Waals surface area contributed by atoms with Gasteiger partial charge in [0.1, 0.15) is 22.3 Å². The first-order chi connectivity index (χ1) is 22.5. The third kappa shape index (κ3) is 4.35. The minimum atomic E-state index is -0.778. The Morgan fingerprint density at radius 3 is 1.20 bits per heavy atom. The summed E-state index contributed by atoms with van der Waals surface area (Å²) in [5, 5.41) is 4.24. The Labute approximate surface area is 260 Å². The van der Waals surface area contributed by atoms with E-state index in [4.69, 9.17) is 8.83 Å². The molecular weight excluding hydrogens is 576 g/mol. The van der Waals surface area contributed by atoms with Crippen LogP contribution in [0.5, 0.6) is 0 Å². The highest BCUT2D eigenvalue weighted by molar-refractivity contribution is 6.22. The quantitative estimate of drug-likeness (QED) is 0.112. The van der Waals surface area contributed by atoms with Crippen LogP contribution in [0.1, 0.15) is 31.8 Å². The zero-order chi connectivity index (χ0) is 31.4. The Morgan fingerprint density at radius 2 is 0.783 bits per heavy atom. The summed E-state index contributed by atoms with van der Waals surface area (Å²) < 4.78 is 12.1. The van der Waals surface area contributed by atoms with Crippen molar-refractivity contribution in [3.8, 4) is 11.1 Å². The maximum atomic E-state index is 13.5. The molecule has 0 saturated heterocycles. The fourth-order valence-corrected chi connectivity index (χ4v) is 6.16. The monoisotopic (exact) mass is 598 g/mol. The lowest BCUT2D eigenvalue weighted by Gasteiger charge is -2.16. The summed E-state index contributed by atoms with van der Waals surface area (Å²) in [6.07, 6.45) is 0. The first kappa shape index (κ1) is 27.2. The normalized spacial score (nSPS) is 11.4. The third-order valence-corrected chi connectivity index (χ3v) is 8.30. The Balaban J connectivity index is 1.47. The van der Waals surface area contributed by atoms with Crippen LogP contribution in [-0.4, -0.2) is 11.6 Å². The highest BCUT2D eigenvalue weighted by Gasteiger charge is 2.24. The van der Waals surface area contributed by atoms with Crippen molar-refractivity contribution in [2.24, 2.45) is 0 Å². The topological polar surface area (TPSA) is 94.6 Å². The second-order valence-corrected chi connectivity index (χ2v) is 11.1. The van der Waals surface area contributed by atoms with Crippen molar-refractivity contribution in [2.75, 3.05) is 0 Å². The molecule has 6 aromatic carbocycles. The first-order valence-electron chi connectivity index (χ1n) is 14.7. The Kier molecular flexibility index (Phi) is 6.29. The number of ketones is 2. The van der Waals surface area contributed by atoms with Crippen molar-refractivity contribution < 1.29 is 18.4 Å². The van der Waals surface area contributed by atoms with Gasteiger partial charge in [-0.1, -0.05) is 109 Å². The van der Waals surface area contributed by atoms with Crippen molar-refractivity contribution in [3.63, 3.8) is 0 Å². The van der Waals surface area contributed by atoms with E-state index in [0.29, 0.717) is 33.0 Å². The number of benzene rings is 6. The Morgan fingerprint density at radius 1 is 0.413 bits per heavy atom. The van der Waals surface area contributed by atoms with Gasteiger partial charge < -0.3 is 8.83 Å². The van der Waals surface area contributed by atoms with Crippen LogP contribution in [0.25, 0.3) is 54.6 Å². The molecule has 0 fully saturated rings. The lowest BCUT2D eigenvalue weighted by molar-refractivity contribution is 0.102. The number of carbonyl (C=O) groups is 2. The highest BCUT2D eigenvalue weighted by atomic mass is 16.4. The van der Waals surface area contributed by atoms with Crippen LogP contribution in [0.3, 0.4) is 0 Å². The van der Waals surface area contributed by atoms with Gasteiger partial charge in [0.15, 0.2) is 11.6 Å². The van der Waals surface area contributed by atoms with Crippen molar-refractivity contribution in [1.29, 1.82) is 0 Å². The van der Waals surface area contributed by atoms with Gasteiger partial charge in [-0.2, -0.15) is 0 Å². The molecule has 0 atom stereocenters. The standard InChI is InChI=1S/C40H22O6/c41-35(23-11-3-1-4-12-23)31-21-27-19-25-15-7-9-17-29(25)33(37(27)45-39(31)43)34-30-18-10-8-16-26(30)20-28-22-32(40(44)46-38(28)34)36(42)24-13-5-2-6-14-24/h1-22H. The van der Waals surface area contributed by atoms with Crippen LogP contribution in [0.4, 0.5) is 0 Å². The summed E-state index contributed by atoms with van der Waals surface area (Å²) in [6.45, 7) is 0. The van der Waals surface area contributed by atoms with Gasteiger partial charge in [-0.3, -0.25) is 9.59 Å². The Hall–Kier alpha value is -6.40. The lowest BCUT2D eigenvalue weighted by atomic mass is 9.89. The van der Waals surface area contributed by atoms with E-state index in [0.717, 1.165) is 21.5 Å². The highest BCUT2D eigenvalue weighted by Crippen LogP contribution is 2.43. The van der Waals surface area contributed by atoms with Gasteiger partial charge >= 0.3 is 11.3 Å². The maximum Gasteiger partial charge on any atom is 0.347 e. The SMILES string of the molecule is O=C(c1ccccc1)c1cc2cc3ccccc3c(-c3c4ccccc4cc4cc(C(=O)c5ccccc5)c(=O)oc34)c2oc1=O. The molecule has 0 saturated carbocycles. The van der Waals surface area contributed by atoms with Gasteiger partial charge in [0, 0.05) is 33.0 Å². The molecule has 218 valence electrons. The summed E-state index contributed by atoms with van der Waals surface area (Å²) in [6, 6.07) is 39.3. The molecule has 46 heavy (non-hydrogen) atoms. The van der Waals surface area contributed by atoms with E-state index in [1.54, 1.807) is 72.8 Å². The summed E-state index contributed by atoms with van der Waals surface area (Å²) in [7, 11) is 0. The van der Waals surface area contributed by atoms with Crippen molar-refractivity contribution in [2.45, 2.75) is 0 Å². The maximum absolute atomic E-state index is 13.5. The van der Waals surface area contributed by atoms with Crippen LogP contribution in [0, 0.1) is 0 Å². The van der Waals surface area contributed by atoms with E-state index in [-0.39, 0.29) is 22.3 Å². The molecule has 0 aliphatic carbocycles. The second-order valence-electron chi connectivity index (χ2n) is 11.1. The molecule has 0 N–H and O–H groups in total. The fraction of sp³-hybridized carbons (Fsp3) is 0. The molecule has 6 nitrogen and oxygen atoms in total. The molecule has 0 amide bonds. The summed E-state index contributed by atoms with van der Waals surface area (Å²) >= 11 is 0. The second kappa shape index (κ2) is 10.6. The molecule has 0 aliphatic rings. The van der Waals surface area contributed by atoms with Crippen molar-refractivity contribution in [3.05, 3.63) is 177 Å². The number of rotatable bonds is 5. The number of fused-ring (bicyclic) bond motifs is 4. The molecule has 2 heterocycles. The zero-order valence-corrected chi connectivity index (χ0v) is 24.2. The fourth-order valence-electron chi connectivity index (χ4n) is 6.16. The average Bonchev–Trinajstić information content (AvgIpc) is 3.10. The smallest absolute Gasteiger partial charge is 0.347 e. The van der Waals surface area contributed by atoms with E-state index in [2.05, 4.69) is 0 Å². The van der Waals surface area contributed by atoms with Gasteiger partial charge in [-0.05, 0) is 45.8 Å². The van der Waals surface area contributed by atoms with Crippen LogP contribution in [-0.2, 0) is 0 Å². The largest absolute Gasteiger partial charge is 0.421 e. The van der Waals surface area contributed by atoms with Gasteiger partial charge in [0.2, 0.25) is 0 Å².